The lowest BCUT2D eigenvalue weighted by atomic mass is 9.45. The maximum Gasteiger partial charge on any atom is 0.311 e. The van der Waals surface area contributed by atoms with Gasteiger partial charge in [0.1, 0.15) is 6.10 Å². The van der Waals surface area contributed by atoms with Crippen LogP contribution in [0.1, 0.15) is 66.2 Å². The molecular formula is C21H34O4. The van der Waals surface area contributed by atoms with Gasteiger partial charge in [0, 0.05) is 0 Å². The third-order valence-electron chi connectivity index (χ3n) is 8.04. The van der Waals surface area contributed by atoms with Gasteiger partial charge in [0.15, 0.2) is 0 Å². The number of carbonyl (C=O) groups excluding carboxylic acids is 1. The Kier molecular flexibility index (Phi) is 4.61. The van der Waals surface area contributed by atoms with Crippen LogP contribution in [0.4, 0.5) is 0 Å². The molecule has 3 aliphatic carbocycles. The van der Waals surface area contributed by atoms with Crippen LogP contribution in [0.2, 0.25) is 0 Å². The number of rotatable bonds is 2. The molecule has 0 aromatic carbocycles. The van der Waals surface area contributed by atoms with Crippen LogP contribution in [0.3, 0.4) is 0 Å². The van der Waals surface area contributed by atoms with Crippen LogP contribution in [-0.4, -0.2) is 35.0 Å². The molecule has 0 aliphatic heterocycles. The highest BCUT2D eigenvalue weighted by Crippen LogP contribution is 2.63. The standard InChI is InChI=1S/C21H34O4/c1-13(2)21(24)12-9-15-14(17(21)22)7-8-16-19(15,3)10-6-11-20(16,4)18(23)25-5/h7,13,15-17,22,24H,6,8-12H2,1-5H3/t15-,16+,17-,19+,20+,21-/m0/s1. The minimum Gasteiger partial charge on any atom is -0.469 e. The van der Waals surface area contributed by atoms with Crippen molar-refractivity contribution in [1.29, 1.82) is 0 Å². The fourth-order valence-electron chi connectivity index (χ4n) is 6.32. The van der Waals surface area contributed by atoms with E-state index >= 15 is 0 Å². The predicted octanol–water partition coefficient (Wildman–Crippen LogP) is 3.46. The zero-order valence-electron chi connectivity index (χ0n) is 16.3. The summed E-state index contributed by atoms with van der Waals surface area (Å²) < 4.78 is 5.16. The van der Waals surface area contributed by atoms with E-state index in [1.165, 1.54) is 7.11 Å². The van der Waals surface area contributed by atoms with E-state index in [0.717, 1.165) is 37.7 Å². The molecule has 3 rings (SSSR count). The first-order chi connectivity index (χ1) is 11.6. The van der Waals surface area contributed by atoms with E-state index in [-0.39, 0.29) is 29.1 Å². The number of esters is 1. The van der Waals surface area contributed by atoms with Crippen LogP contribution in [-0.2, 0) is 9.53 Å². The maximum atomic E-state index is 12.6. The van der Waals surface area contributed by atoms with Crippen molar-refractivity contribution in [2.75, 3.05) is 7.11 Å². The van der Waals surface area contributed by atoms with E-state index in [1.54, 1.807) is 0 Å². The predicted molar refractivity (Wildman–Crippen MR) is 96.8 cm³/mol. The van der Waals surface area contributed by atoms with Crippen molar-refractivity contribution >= 4 is 5.97 Å². The molecule has 6 atom stereocenters. The third kappa shape index (κ3) is 2.51. The van der Waals surface area contributed by atoms with Crippen LogP contribution in [0.15, 0.2) is 11.6 Å². The van der Waals surface area contributed by atoms with E-state index in [0.29, 0.717) is 6.42 Å². The summed E-state index contributed by atoms with van der Waals surface area (Å²) in [4.78, 5) is 12.6. The Bertz CT molecular complexity index is 582. The van der Waals surface area contributed by atoms with E-state index in [2.05, 4.69) is 19.9 Å². The number of methoxy groups -OCH3 is 1. The quantitative estimate of drug-likeness (QED) is 0.591. The Morgan fingerprint density at radius 2 is 1.96 bits per heavy atom. The second-order valence-electron chi connectivity index (χ2n) is 9.40. The molecule has 0 saturated heterocycles. The second kappa shape index (κ2) is 6.09. The van der Waals surface area contributed by atoms with Crippen molar-refractivity contribution < 1.29 is 19.7 Å². The summed E-state index contributed by atoms with van der Waals surface area (Å²) in [7, 11) is 1.48. The molecule has 0 radical (unpaired) electrons. The number of aliphatic hydroxyl groups excluding tert-OH is 1. The number of fused-ring (bicyclic) bond motifs is 3. The second-order valence-corrected chi connectivity index (χ2v) is 9.40. The highest BCUT2D eigenvalue weighted by Gasteiger charge is 2.60. The highest BCUT2D eigenvalue weighted by atomic mass is 16.5. The fraction of sp³-hybridized carbons (Fsp3) is 0.857. The van der Waals surface area contributed by atoms with Crippen molar-refractivity contribution in [3.63, 3.8) is 0 Å². The molecule has 4 nitrogen and oxygen atoms in total. The first-order valence-electron chi connectivity index (χ1n) is 9.80. The van der Waals surface area contributed by atoms with Crippen molar-refractivity contribution in [2.24, 2.45) is 28.6 Å². The van der Waals surface area contributed by atoms with Gasteiger partial charge in [-0.3, -0.25) is 4.79 Å². The Morgan fingerprint density at radius 1 is 1.28 bits per heavy atom. The summed E-state index contributed by atoms with van der Waals surface area (Å²) in [6, 6.07) is 0. The van der Waals surface area contributed by atoms with E-state index < -0.39 is 17.1 Å². The molecule has 0 heterocycles. The first-order valence-corrected chi connectivity index (χ1v) is 9.80. The summed E-state index contributed by atoms with van der Waals surface area (Å²) in [5, 5.41) is 22.0. The molecule has 0 aromatic rings. The molecule has 25 heavy (non-hydrogen) atoms. The third-order valence-corrected chi connectivity index (χ3v) is 8.04. The van der Waals surface area contributed by atoms with Crippen LogP contribution in [0.5, 0.6) is 0 Å². The Morgan fingerprint density at radius 3 is 2.56 bits per heavy atom. The van der Waals surface area contributed by atoms with Gasteiger partial charge in [-0.05, 0) is 67.8 Å². The lowest BCUT2D eigenvalue weighted by Gasteiger charge is -2.60. The average molecular weight is 350 g/mol. The van der Waals surface area contributed by atoms with Crippen LogP contribution < -0.4 is 0 Å². The number of allylic oxidation sites excluding steroid dienone is 1. The zero-order valence-corrected chi connectivity index (χ0v) is 16.3. The molecule has 2 saturated carbocycles. The van der Waals surface area contributed by atoms with Gasteiger partial charge in [-0.25, -0.2) is 0 Å². The van der Waals surface area contributed by atoms with E-state index in [4.69, 9.17) is 4.74 Å². The molecule has 2 N–H and O–H groups in total. The van der Waals surface area contributed by atoms with Gasteiger partial charge in [-0.15, -0.1) is 0 Å². The van der Waals surface area contributed by atoms with Crippen molar-refractivity contribution in [3.05, 3.63) is 11.6 Å². The highest BCUT2D eigenvalue weighted by molar-refractivity contribution is 5.77. The summed E-state index contributed by atoms with van der Waals surface area (Å²) in [6.07, 6.45) is 6.54. The molecule has 2 fully saturated rings. The topological polar surface area (TPSA) is 66.8 Å². The lowest BCUT2D eigenvalue weighted by Crippen LogP contribution is -2.59. The average Bonchev–Trinajstić information content (AvgIpc) is 2.57. The molecule has 0 aromatic heterocycles. The minimum atomic E-state index is -1.04. The molecular weight excluding hydrogens is 316 g/mol. The Hall–Kier alpha value is -0.870. The van der Waals surface area contributed by atoms with Gasteiger partial charge >= 0.3 is 5.97 Å². The van der Waals surface area contributed by atoms with E-state index in [9.17, 15) is 15.0 Å². The fourth-order valence-corrected chi connectivity index (χ4v) is 6.32. The number of aliphatic hydroxyl groups is 2. The van der Waals surface area contributed by atoms with Gasteiger partial charge in [-0.2, -0.15) is 0 Å². The van der Waals surface area contributed by atoms with Crippen molar-refractivity contribution in [1.82, 2.24) is 0 Å². The van der Waals surface area contributed by atoms with Crippen molar-refractivity contribution in [2.45, 2.75) is 77.9 Å². The minimum absolute atomic E-state index is 0.0153. The van der Waals surface area contributed by atoms with Gasteiger partial charge in [0.2, 0.25) is 0 Å². The molecule has 0 amide bonds. The number of ether oxygens (including phenoxy) is 1. The zero-order chi connectivity index (χ0) is 18.6. The summed E-state index contributed by atoms with van der Waals surface area (Å²) >= 11 is 0. The molecule has 3 aliphatic rings. The molecule has 0 spiro atoms. The summed E-state index contributed by atoms with van der Waals surface area (Å²) in [5.41, 5.74) is -0.507. The Balaban J connectivity index is 2.00. The van der Waals surface area contributed by atoms with Gasteiger partial charge < -0.3 is 14.9 Å². The van der Waals surface area contributed by atoms with Crippen LogP contribution in [0, 0.1) is 28.6 Å². The monoisotopic (exact) mass is 350 g/mol. The van der Waals surface area contributed by atoms with Gasteiger partial charge in [-0.1, -0.05) is 33.3 Å². The maximum absolute atomic E-state index is 12.6. The molecule has 0 bridgehead atoms. The normalized spacial score (nSPS) is 46.9. The molecule has 4 heteroatoms. The number of hydrogen-bond donors (Lipinski definition) is 2. The van der Waals surface area contributed by atoms with Gasteiger partial charge in [0.25, 0.3) is 0 Å². The van der Waals surface area contributed by atoms with E-state index in [1.807, 2.05) is 13.8 Å². The lowest BCUT2D eigenvalue weighted by molar-refractivity contribution is -0.171. The first kappa shape index (κ1) is 18.9. The SMILES string of the molecule is COC(=O)[C@]1(C)CCC[C@@]2(C)[C@H]1CC=C1[C@@H]2CC[C@](O)(C(C)C)[C@H]1O. The summed E-state index contributed by atoms with van der Waals surface area (Å²) in [5.74, 6) is 0.383. The largest absolute Gasteiger partial charge is 0.469 e. The number of hydrogen-bond acceptors (Lipinski definition) is 4. The molecule has 0 unspecified atom stereocenters. The smallest absolute Gasteiger partial charge is 0.311 e. The van der Waals surface area contributed by atoms with Crippen molar-refractivity contribution in [3.8, 4) is 0 Å². The number of carbonyl (C=O) groups is 1. The van der Waals surface area contributed by atoms with Crippen LogP contribution in [0.25, 0.3) is 0 Å². The van der Waals surface area contributed by atoms with Gasteiger partial charge in [0.05, 0.1) is 18.1 Å². The Labute approximate surface area is 151 Å². The van der Waals surface area contributed by atoms with Crippen LogP contribution >= 0.6 is 0 Å². The molecule has 142 valence electrons. The summed E-state index contributed by atoms with van der Waals surface area (Å²) in [6.45, 7) is 8.31.